The van der Waals surface area contributed by atoms with Crippen LogP contribution in [0.2, 0.25) is 0 Å². The van der Waals surface area contributed by atoms with Crippen LogP contribution in [0.15, 0.2) is 24.3 Å². The number of ether oxygens (including phenoxy) is 1. The second-order valence-corrected chi connectivity index (χ2v) is 4.24. The summed E-state index contributed by atoms with van der Waals surface area (Å²) in [5.41, 5.74) is 5.54. The van der Waals surface area contributed by atoms with Crippen molar-refractivity contribution in [3.05, 3.63) is 29.8 Å². The lowest BCUT2D eigenvalue weighted by Gasteiger charge is -2.26. The molecule has 4 nitrogen and oxygen atoms in total. The van der Waals surface area contributed by atoms with E-state index in [2.05, 4.69) is 4.74 Å². The third-order valence-electron chi connectivity index (χ3n) is 2.77. The molecule has 1 aromatic carbocycles. The Labute approximate surface area is 103 Å². The average Bonchev–Trinajstić information content (AvgIpc) is 2.28. The molecule has 0 aliphatic rings. The van der Waals surface area contributed by atoms with E-state index in [0.717, 1.165) is 0 Å². The van der Waals surface area contributed by atoms with E-state index in [0.29, 0.717) is 5.56 Å². The third-order valence-corrected chi connectivity index (χ3v) is 2.77. The molecule has 6 heteroatoms. The fourth-order valence-corrected chi connectivity index (χ4v) is 1.66. The van der Waals surface area contributed by atoms with Crippen LogP contribution in [0.25, 0.3) is 0 Å². The van der Waals surface area contributed by atoms with Gasteiger partial charge in [0.25, 0.3) is 0 Å². The van der Waals surface area contributed by atoms with Crippen molar-refractivity contribution in [2.24, 2.45) is 5.73 Å². The van der Waals surface area contributed by atoms with Gasteiger partial charge in [0.1, 0.15) is 5.75 Å². The monoisotopic (exact) mass is 259 g/mol. The zero-order valence-electron chi connectivity index (χ0n) is 9.90. The van der Waals surface area contributed by atoms with Crippen molar-refractivity contribution in [1.29, 1.82) is 0 Å². The molecule has 100 valence electrons. The van der Waals surface area contributed by atoms with Gasteiger partial charge in [-0.3, -0.25) is 4.79 Å². The maximum absolute atomic E-state index is 12.0. The Morgan fingerprint density at radius 3 is 2.39 bits per heavy atom. The molecule has 3 N–H and O–H groups in total. The summed E-state index contributed by atoms with van der Waals surface area (Å²) in [6.45, 7) is -1.02. The van der Waals surface area contributed by atoms with Crippen molar-refractivity contribution in [2.45, 2.75) is 25.4 Å². The van der Waals surface area contributed by atoms with Gasteiger partial charge in [-0.2, -0.15) is 8.78 Å². The summed E-state index contributed by atoms with van der Waals surface area (Å²) >= 11 is 0. The van der Waals surface area contributed by atoms with E-state index in [9.17, 15) is 13.6 Å². The zero-order valence-corrected chi connectivity index (χ0v) is 9.90. The summed E-state index contributed by atoms with van der Waals surface area (Å²) in [4.78, 5) is 10.8. The number of carbonyl (C=O) groups is 1. The van der Waals surface area contributed by atoms with Crippen LogP contribution in [0.4, 0.5) is 8.78 Å². The minimum atomic E-state index is -2.88. The first-order valence-corrected chi connectivity index (χ1v) is 5.34. The topological polar surface area (TPSA) is 72.6 Å². The van der Waals surface area contributed by atoms with E-state index in [4.69, 9.17) is 10.8 Å². The van der Waals surface area contributed by atoms with Crippen LogP contribution in [0, 0.1) is 0 Å². The van der Waals surface area contributed by atoms with Crippen LogP contribution in [-0.2, 0) is 10.2 Å². The first kappa shape index (κ1) is 14.4. The second kappa shape index (κ2) is 5.77. The van der Waals surface area contributed by atoms with Crippen molar-refractivity contribution in [2.75, 3.05) is 6.54 Å². The molecule has 0 bridgehead atoms. The number of hydrogen-bond acceptors (Lipinski definition) is 3. The molecule has 1 aromatic rings. The van der Waals surface area contributed by atoms with E-state index in [1.54, 1.807) is 19.1 Å². The molecule has 0 saturated heterocycles. The molecule has 0 amide bonds. The molecule has 0 radical (unpaired) electrons. The highest BCUT2D eigenvalue weighted by molar-refractivity contribution is 5.69. The molecule has 1 atom stereocenters. The van der Waals surface area contributed by atoms with Crippen LogP contribution in [0.5, 0.6) is 5.75 Å². The summed E-state index contributed by atoms with van der Waals surface area (Å²) in [5.74, 6) is -0.931. The van der Waals surface area contributed by atoms with Gasteiger partial charge in [0.05, 0.1) is 6.42 Å². The Bertz CT molecular complexity index is 408. The number of carboxylic acids is 1. The molecular weight excluding hydrogens is 244 g/mol. The van der Waals surface area contributed by atoms with Gasteiger partial charge in [0.15, 0.2) is 0 Å². The lowest BCUT2D eigenvalue weighted by molar-refractivity contribution is -0.138. The fraction of sp³-hybridized carbons (Fsp3) is 0.417. The van der Waals surface area contributed by atoms with Gasteiger partial charge in [0.2, 0.25) is 0 Å². The van der Waals surface area contributed by atoms with Crippen LogP contribution >= 0.6 is 0 Å². The normalized spacial score (nSPS) is 14.3. The molecule has 0 spiro atoms. The van der Waals surface area contributed by atoms with Gasteiger partial charge in [-0.25, -0.2) is 0 Å². The maximum Gasteiger partial charge on any atom is 0.387 e. The van der Waals surface area contributed by atoms with E-state index < -0.39 is 18.0 Å². The van der Waals surface area contributed by atoms with Crippen LogP contribution in [-0.4, -0.2) is 24.2 Å². The quantitative estimate of drug-likeness (QED) is 0.819. The second-order valence-electron chi connectivity index (χ2n) is 4.24. The summed E-state index contributed by atoms with van der Waals surface area (Å²) in [6, 6.07) is 5.84. The van der Waals surface area contributed by atoms with Crippen molar-refractivity contribution < 1.29 is 23.4 Å². The first-order valence-electron chi connectivity index (χ1n) is 5.34. The van der Waals surface area contributed by atoms with E-state index >= 15 is 0 Å². The SMILES string of the molecule is CC(CN)(CC(=O)O)c1ccc(OC(F)F)cc1. The summed E-state index contributed by atoms with van der Waals surface area (Å²) in [6.07, 6.45) is -0.126. The molecule has 0 heterocycles. The number of hydrogen-bond donors (Lipinski definition) is 2. The van der Waals surface area contributed by atoms with Crippen LogP contribution in [0.3, 0.4) is 0 Å². The Hall–Kier alpha value is -1.69. The maximum atomic E-state index is 12.0. The largest absolute Gasteiger partial charge is 0.481 e. The Morgan fingerprint density at radius 2 is 2.00 bits per heavy atom. The van der Waals surface area contributed by atoms with Gasteiger partial charge < -0.3 is 15.6 Å². The van der Waals surface area contributed by atoms with Gasteiger partial charge >= 0.3 is 12.6 Å². The highest BCUT2D eigenvalue weighted by Gasteiger charge is 2.28. The van der Waals surface area contributed by atoms with Crippen molar-refractivity contribution >= 4 is 5.97 Å². The predicted molar refractivity (Wildman–Crippen MR) is 61.7 cm³/mol. The average molecular weight is 259 g/mol. The summed E-state index contributed by atoms with van der Waals surface area (Å²) in [5, 5.41) is 8.84. The standard InChI is InChI=1S/C12H15F2NO3/c1-12(7-15,6-10(16)17)8-2-4-9(5-3-8)18-11(13)14/h2-5,11H,6-7,15H2,1H3,(H,16,17). The van der Waals surface area contributed by atoms with Gasteiger partial charge in [-0.05, 0) is 17.7 Å². The number of rotatable bonds is 6. The zero-order chi connectivity index (χ0) is 13.8. The lowest BCUT2D eigenvalue weighted by atomic mass is 9.79. The Morgan fingerprint density at radius 1 is 1.44 bits per heavy atom. The van der Waals surface area contributed by atoms with E-state index in [1.807, 2.05) is 0 Å². The fourth-order valence-electron chi connectivity index (χ4n) is 1.66. The molecule has 0 aromatic heterocycles. The minimum absolute atomic E-state index is 0.0310. The number of carboxylic acid groups (broad SMARTS) is 1. The molecule has 0 aliphatic carbocycles. The van der Waals surface area contributed by atoms with Gasteiger partial charge in [0, 0.05) is 12.0 Å². The highest BCUT2D eigenvalue weighted by atomic mass is 19.3. The molecule has 18 heavy (non-hydrogen) atoms. The van der Waals surface area contributed by atoms with Crippen molar-refractivity contribution in [1.82, 2.24) is 0 Å². The number of benzene rings is 1. The predicted octanol–water partition coefficient (Wildman–Crippen LogP) is 1.98. The first-order chi connectivity index (χ1) is 8.37. The number of aliphatic carboxylic acids is 1. The third kappa shape index (κ3) is 3.66. The molecule has 0 aliphatic heterocycles. The Balaban J connectivity index is 2.91. The molecule has 0 fully saturated rings. The Kier molecular flexibility index (Phi) is 4.61. The van der Waals surface area contributed by atoms with E-state index in [1.165, 1.54) is 12.1 Å². The molecule has 0 saturated carbocycles. The number of halogens is 2. The lowest BCUT2D eigenvalue weighted by Crippen LogP contribution is -2.34. The number of alkyl halides is 2. The van der Waals surface area contributed by atoms with E-state index in [-0.39, 0.29) is 18.7 Å². The van der Waals surface area contributed by atoms with Crippen molar-refractivity contribution in [3.8, 4) is 5.75 Å². The summed E-state index contributed by atoms with van der Waals surface area (Å²) in [7, 11) is 0. The van der Waals surface area contributed by atoms with Gasteiger partial charge in [-0.1, -0.05) is 19.1 Å². The molecular formula is C12H15F2NO3. The van der Waals surface area contributed by atoms with Crippen LogP contribution < -0.4 is 10.5 Å². The molecule has 1 rings (SSSR count). The highest BCUT2D eigenvalue weighted by Crippen LogP contribution is 2.28. The van der Waals surface area contributed by atoms with Gasteiger partial charge in [-0.15, -0.1) is 0 Å². The van der Waals surface area contributed by atoms with Crippen LogP contribution in [0.1, 0.15) is 18.9 Å². The van der Waals surface area contributed by atoms with Crippen molar-refractivity contribution in [3.63, 3.8) is 0 Å². The summed E-state index contributed by atoms with van der Waals surface area (Å²) < 4.78 is 28.2. The minimum Gasteiger partial charge on any atom is -0.481 e. The smallest absolute Gasteiger partial charge is 0.387 e. The number of nitrogens with two attached hydrogens (primary N) is 1. The molecule has 1 unspecified atom stereocenters.